The zero-order valence-electron chi connectivity index (χ0n) is 15.8. The molecule has 0 spiro atoms. The van der Waals surface area contributed by atoms with E-state index in [1.165, 1.54) is 19.1 Å². The van der Waals surface area contributed by atoms with E-state index >= 15 is 0 Å². The van der Waals surface area contributed by atoms with E-state index in [2.05, 4.69) is 5.32 Å². The summed E-state index contributed by atoms with van der Waals surface area (Å²) in [4.78, 5) is 14.2. The standard InChI is InChI=1S/C20H20F4N2O3/c1-28-13-6-7-14(18(11-13)29-2)17-4-3-9-26(17)19(27)25-16-10-12(20(22,23)24)5-8-15(16)21/h5-8,10-11,17H,3-4,9H2,1-2H3,(H,25,27). The third-order valence-electron chi connectivity index (χ3n) is 4.85. The van der Waals surface area contributed by atoms with Crippen molar-refractivity contribution in [2.75, 3.05) is 26.1 Å². The molecule has 156 valence electrons. The number of amides is 2. The molecule has 9 heteroatoms. The third-order valence-corrected chi connectivity index (χ3v) is 4.85. The maximum absolute atomic E-state index is 14.0. The van der Waals surface area contributed by atoms with Crippen LogP contribution in [0.4, 0.5) is 28.0 Å². The molecule has 0 saturated carbocycles. The van der Waals surface area contributed by atoms with Crippen molar-refractivity contribution in [2.24, 2.45) is 0 Å². The lowest BCUT2D eigenvalue weighted by molar-refractivity contribution is -0.137. The summed E-state index contributed by atoms with van der Waals surface area (Å²) in [6.07, 6.45) is -3.31. The molecule has 1 unspecified atom stereocenters. The van der Waals surface area contributed by atoms with Gasteiger partial charge in [-0.15, -0.1) is 0 Å². The number of halogens is 4. The van der Waals surface area contributed by atoms with Crippen LogP contribution in [0.3, 0.4) is 0 Å². The van der Waals surface area contributed by atoms with Crippen molar-refractivity contribution in [3.05, 3.63) is 53.3 Å². The number of rotatable bonds is 4. The molecule has 0 aliphatic carbocycles. The van der Waals surface area contributed by atoms with Crippen molar-refractivity contribution in [1.29, 1.82) is 0 Å². The van der Waals surface area contributed by atoms with Crippen LogP contribution < -0.4 is 14.8 Å². The molecule has 1 fully saturated rings. The normalized spacial score (nSPS) is 16.6. The molecular weight excluding hydrogens is 392 g/mol. The number of likely N-dealkylation sites (tertiary alicyclic amines) is 1. The number of ether oxygens (including phenoxy) is 2. The lowest BCUT2D eigenvalue weighted by Gasteiger charge is -2.27. The van der Waals surface area contributed by atoms with Gasteiger partial charge in [0.05, 0.1) is 31.5 Å². The third kappa shape index (κ3) is 4.38. The number of urea groups is 1. The molecule has 0 radical (unpaired) electrons. The number of carbonyl (C=O) groups excluding carboxylic acids is 1. The number of hydrogen-bond donors (Lipinski definition) is 1. The average molecular weight is 412 g/mol. The predicted molar refractivity (Wildman–Crippen MR) is 98.6 cm³/mol. The molecule has 1 atom stereocenters. The highest BCUT2D eigenvalue weighted by molar-refractivity contribution is 5.90. The van der Waals surface area contributed by atoms with Crippen LogP contribution in [0.15, 0.2) is 36.4 Å². The molecule has 1 aliphatic rings. The average Bonchev–Trinajstić information content (AvgIpc) is 3.18. The van der Waals surface area contributed by atoms with Gasteiger partial charge in [0, 0.05) is 18.2 Å². The topological polar surface area (TPSA) is 50.8 Å². The summed E-state index contributed by atoms with van der Waals surface area (Å²) >= 11 is 0. The van der Waals surface area contributed by atoms with Gasteiger partial charge in [0.25, 0.3) is 0 Å². The van der Waals surface area contributed by atoms with Crippen molar-refractivity contribution in [3.8, 4) is 11.5 Å². The van der Waals surface area contributed by atoms with Gasteiger partial charge in [-0.3, -0.25) is 0 Å². The second kappa shape index (κ2) is 8.18. The Bertz CT molecular complexity index is 902. The van der Waals surface area contributed by atoms with Crippen LogP contribution in [0.1, 0.15) is 30.0 Å². The molecular formula is C20H20F4N2O3. The van der Waals surface area contributed by atoms with E-state index in [4.69, 9.17) is 9.47 Å². The SMILES string of the molecule is COc1ccc(C2CCCN2C(=O)Nc2cc(C(F)(F)F)ccc2F)c(OC)c1. The number of methoxy groups -OCH3 is 2. The molecule has 2 aromatic rings. The van der Waals surface area contributed by atoms with Gasteiger partial charge >= 0.3 is 12.2 Å². The van der Waals surface area contributed by atoms with Crippen LogP contribution >= 0.6 is 0 Å². The van der Waals surface area contributed by atoms with Gasteiger partial charge < -0.3 is 19.7 Å². The van der Waals surface area contributed by atoms with E-state index in [1.54, 1.807) is 18.2 Å². The van der Waals surface area contributed by atoms with Crippen molar-refractivity contribution in [3.63, 3.8) is 0 Å². The molecule has 2 aromatic carbocycles. The Morgan fingerprint density at radius 3 is 2.55 bits per heavy atom. The van der Waals surface area contributed by atoms with E-state index < -0.39 is 29.3 Å². The van der Waals surface area contributed by atoms with Gasteiger partial charge in [0.15, 0.2) is 0 Å². The van der Waals surface area contributed by atoms with Crippen molar-refractivity contribution in [1.82, 2.24) is 4.90 Å². The minimum atomic E-state index is -4.64. The van der Waals surface area contributed by atoms with Crippen LogP contribution in [0.25, 0.3) is 0 Å². The Hall–Kier alpha value is -2.97. The van der Waals surface area contributed by atoms with Crippen LogP contribution in [-0.4, -0.2) is 31.7 Å². The Balaban J connectivity index is 1.85. The number of nitrogens with one attached hydrogen (secondary N) is 1. The van der Waals surface area contributed by atoms with Crippen LogP contribution in [0, 0.1) is 5.82 Å². The van der Waals surface area contributed by atoms with Crippen LogP contribution in [0.5, 0.6) is 11.5 Å². The highest BCUT2D eigenvalue weighted by Gasteiger charge is 2.34. The molecule has 1 saturated heterocycles. The molecule has 0 bridgehead atoms. The molecule has 29 heavy (non-hydrogen) atoms. The molecule has 2 amide bonds. The first kappa shape index (κ1) is 20.8. The number of carbonyl (C=O) groups is 1. The highest BCUT2D eigenvalue weighted by Crippen LogP contribution is 2.39. The van der Waals surface area contributed by atoms with Crippen LogP contribution in [-0.2, 0) is 6.18 Å². The molecule has 1 heterocycles. The van der Waals surface area contributed by atoms with E-state index in [0.717, 1.165) is 5.56 Å². The van der Waals surface area contributed by atoms with E-state index in [0.29, 0.717) is 49.1 Å². The Morgan fingerprint density at radius 2 is 1.90 bits per heavy atom. The van der Waals surface area contributed by atoms with Crippen molar-refractivity contribution in [2.45, 2.75) is 25.1 Å². The van der Waals surface area contributed by atoms with E-state index in [1.807, 2.05) is 0 Å². The second-order valence-corrected chi connectivity index (χ2v) is 6.58. The summed E-state index contributed by atoms with van der Waals surface area (Å²) in [5.41, 5.74) is -0.813. The minimum absolute atomic E-state index is 0.357. The summed E-state index contributed by atoms with van der Waals surface area (Å²) < 4.78 is 63.3. The van der Waals surface area contributed by atoms with Gasteiger partial charge in [-0.1, -0.05) is 0 Å². The van der Waals surface area contributed by atoms with E-state index in [-0.39, 0.29) is 6.04 Å². The van der Waals surface area contributed by atoms with Gasteiger partial charge in [0.1, 0.15) is 17.3 Å². The Kier molecular flexibility index (Phi) is 5.86. The number of anilines is 1. The first-order valence-corrected chi connectivity index (χ1v) is 8.91. The summed E-state index contributed by atoms with van der Waals surface area (Å²) in [5, 5.41) is 2.27. The zero-order valence-corrected chi connectivity index (χ0v) is 15.8. The number of hydrogen-bond acceptors (Lipinski definition) is 3. The van der Waals surface area contributed by atoms with Crippen molar-refractivity contribution < 1.29 is 31.8 Å². The molecule has 1 N–H and O–H groups in total. The summed E-state index contributed by atoms with van der Waals surface area (Å²) in [5.74, 6) is 0.175. The van der Waals surface area contributed by atoms with Crippen LogP contribution in [0.2, 0.25) is 0 Å². The van der Waals surface area contributed by atoms with Gasteiger partial charge in [-0.05, 0) is 43.2 Å². The monoisotopic (exact) mass is 412 g/mol. The largest absolute Gasteiger partial charge is 0.497 e. The first-order valence-electron chi connectivity index (χ1n) is 8.91. The van der Waals surface area contributed by atoms with Gasteiger partial charge in [0.2, 0.25) is 0 Å². The fourth-order valence-electron chi connectivity index (χ4n) is 3.41. The maximum atomic E-state index is 14.0. The molecule has 1 aliphatic heterocycles. The Morgan fingerprint density at radius 1 is 1.14 bits per heavy atom. The molecule has 0 aromatic heterocycles. The fraction of sp³-hybridized carbons (Fsp3) is 0.350. The summed E-state index contributed by atoms with van der Waals surface area (Å²) in [7, 11) is 3.02. The van der Waals surface area contributed by atoms with Gasteiger partial charge in [-0.25, -0.2) is 9.18 Å². The molecule has 5 nitrogen and oxygen atoms in total. The highest BCUT2D eigenvalue weighted by atomic mass is 19.4. The predicted octanol–water partition coefficient (Wildman–Crippen LogP) is 5.23. The summed E-state index contributed by atoms with van der Waals surface area (Å²) in [6, 6.07) is 6.08. The number of nitrogens with zero attached hydrogens (tertiary/aromatic N) is 1. The maximum Gasteiger partial charge on any atom is 0.416 e. The van der Waals surface area contributed by atoms with E-state index in [9.17, 15) is 22.4 Å². The smallest absolute Gasteiger partial charge is 0.416 e. The lowest BCUT2D eigenvalue weighted by atomic mass is 10.0. The summed E-state index contributed by atoms with van der Waals surface area (Å²) in [6.45, 7) is 0.381. The molecule has 3 rings (SSSR count). The number of benzene rings is 2. The van der Waals surface area contributed by atoms with Gasteiger partial charge in [-0.2, -0.15) is 13.2 Å². The lowest BCUT2D eigenvalue weighted by Crippen LogP contribution is -2.35. The second-order valence-electron chi connectivity index (χ2n) is 6.58. The van der Waals surface area contributed by atoms with Crippen molar-refractivity contribution >= 4 is 11.7 Å². The first-order chi connectivity index (χ1) is 13.7. The fourth-order valence-corrected chi connectivity index (χ4v) is 3.41. The zero-order chi connectivity index (χ0) is 21.2. The quantitative estimate of drug-likeness (QED) is 0.700. The number of alkyl halides is 3. The Labute approximate surface area is 165 Å². The minimum Gasteiger partial charge on any atom is -0.497 e.